The number of benzene rings is 2. The molecule has 4 rings (SSSR count). The van der Waals surface area contributed by atoms with E-state index >= 15 is 0 Å². The molecular weight excluding hydrogens is 486 g/mol. The predicted molar refractivity (Wildman–Crippen MR) is 136 cm³/mol. The maximum atomic E-state index is 13.0. The fourth-order valence-electron chi connectivity index (χ4n) is 3.70. The van der Waals surface area contributed by atoms with Crippen LogP contribution < -0.4 is 20.4 Å². The summed E-state index contributed by atoms with van der Waals surface area (Å²) in [6.07, 6.45) is -3.32. The highest BCUT2D eigenvalue weighted by atomic mass is 19.4. The number of halogens is 3. The number of para-hydroxylation sites is 1. The van der Waals surface area contributed by atoms with Crippen LogP contribution in [0.4, 0.5) is 30.4 Å². The molecule has 0 unspecified atom stereocenters. The van der Waals surface area contributed by atoms with Gasteiger partial charge in [-0.15, -0.1) is 13.2 Å². The monoisotopic (exact) mass is 513 g/mol. The SMILES string of the molecule is CN(c1ccc(OC(F)(F)F)cc1)c1ccc(C(=O)Nc2ccccc2B2OC(C)(C)C(C)(C)O2)cn1. The van der Waals surface area contributed by atoms with Crippen LogP contribution in [0.2, 0.25) is 0 Å². The van der Waals surface area contributed by atoms with Crippen molar-refractivity contribution >= 4 is 35.7 Å². The van der Waals surface area contributed by atoms with Gasteiger partial charge >= 0.3 is 13.5 Å². The summed E-state index contributed by atoms with van der Waals surface area (Å²) in [6, 6.07) is 16.0. The van der Waals surface area contributed by atoms with Gasteiger partial charge in [0.15, 0.2) is 0 Å². The summed E-state index contributed by atoms with van der Waals surface area (Å²) >= 11 is 0. The lowest BCUT2D eigenvalue weighted by atomic mass is 9.78. The first-order valence-corrected chi connectivity index (χ1v) is 11.6. The van der Waals surface area contributed by atoms with Crippen LogP contribution in [0, 0.1) is 0 Å². The Morgan fingerprint density at radius 3 is 2.16 bits per heavy atom. The second-order valence-corrected chi connectivity index (χ2v) is 9.64. The summed E-state index contributed by atoms with van der Waals surface area (Å²) in [5.41, 5.74) is 1.15. The Bertz CT molecular complexity index is 1250. The van der Waals surface area contributed by atoms with Gasteiger partial charge in [-0.1, -0.05) is 18.2 Å². The number of nitrogens with zero attached hydrogens (tertiary/aromatic N) is 2. The van der Waals surface area contributed by atoms with Gasteiger partial charge in [-0.3, -0.25) is 4.79 Å². The number of ether oxygens (including phenoxy) is 1. The fourth-order valence-corrected chi connectivity index (χ4v) is 3.70. The number of alkyl halides is 3. The number of amides is 1. The normalized spacial score (nSPS) is 16.4. The van der Waals surface area contributed by atoms with Crippen LogP contribution >= 0.6 is 0 Å². The van der Waals surface area contributed by atoms with Crippen LogP contribution in [0.25, 0.3) is 0 Å². The van der Waals surface area contributed by atoms with Gasteiger partial charge in [-0.05, 0) is 70.2 Å². The Hall–Kier alpha value is -3.57. The van der Waals surface area contributed by atoms with E-state index in [0.29, 0.717) is 28.2 Å². The molecule has 2 heterocycles. The van der Waals surface area contributed by atoms with Gasteiger partial charge in [0.1, 0.15) is 11.6 Å². The molecule has 194 valence electrons. The number of carbonyl (C=O) groups is 1. The smallest absolute Gasteiger partial charge is 0.406 e. The maximum Gasteiger partial charge on any atom is 0.573 e. The van der Waals surface area contributed by atoms with Gasteiger partial charge in [-0.2, -0.15) is 0 Å². The maximum absolute atomic E-state index is 13.0. The first kappa shape index (κ1) is 26.5. The molecule has 0 aliphatic carbocycles. The van der Waals surface area contributed by atoms with E-state index in [9.17, 15) is 18.0 Å². The topological polar surface area (TPSA) is 72.9 Å². The summed E-state index contributed by atoms with van der Waals surface area (Å²) in [6.45, 7) is 7.85. The van der Waals surface area contributed by atoms with Gasteiger partial charge in [0.25, 0.3) is 5.91 Å². The van der Waals surface area contributed by atoms with Crippen molar-refractivity contribution in [2.24, 2.45) is 0 Å². The van der Waals surface area contributed by atoms with Gasteiger partial charge < -0.3 is 24.3 Å². The van der Waals surface area contributed by atoms with Gasteiger partial charge in [0.05, 0.1) is 16.8 Å². The van der Waals surface area contributed by atoms with E-state index in [1.807, 2.05) is 45.9 Å². The second-order valence-electron chi connectivity index (χ2n) is 9.64. The van der Waals surface area contributed by atoms with Crippen LogP contribution in [0.1, 0.15) is 38.1 Å². The minimum Gasteiger partial charge on any atom is -0.406 e. The molecule has 0 saturated carbocycles. The molecule has 1 aliphatic rings. The quantitative estimate of drug-likeness (QED) is 0.452. The Balaban J connectivity index is 1.45. The molecule has 37 heavy (non-hydrogen) atoms. The predicted octanol–water partition coefficient (Wildman–Crippen LogP) is 5.30. The van der Waals surface area contributed by atoms with E-state index in [0.717, 1.165) is 0 Å². The molecular formula is C26H27BF3N3O4. The molecule has 11 heteroatoms. The highest BCUT2D eigenvalue weighted by Crippen LogP contribution is 2.37. The molecule has 7 nitrogen and oxygen atoms in total. The third kappa shape index (κ3) is 5.89. The lowest BCUT2D eigenvalue weighted by molar-refractivity contribution is -0.274. The van der Waals surface area contributed by atoms with Crippen LogP contribution in [-0.2, 0) is 9.31 Å². The van der Waals surface area contributed by atoms with Crippen molar-refractivity contribution < 1.29 is 32.0 Å². The molecule has 1 aromatic heterocycles. The largest absolute Gasteiger partial charge is 0.573 e. The highest BCUT2D eigenvalue weighted by Gasteiger charge is 2.52. The highest BCUT2D eigenvalue weighted by molar-refractivity contribution is 6.64. The standard InChI is InChI=1S/C26H27BF3N3O4/c1-24(2)25(3,4)37-27(36-24)20-8-6-7-9-21(20)32-23(34)17-10-15-22(31-16-17)33(5)18-11-13-19(14-12-18)35-26(28,29)30/h6-16H,1-5H3,(H,32,34). The Morgan fingerprint density at radius 2 is 1.59 bits per heavy atom. The number of pyridine rings is 1. The summed E-state index contributed by atoms with van der Waals surface area (Å²) in [4.78, 5) is 19.0. The molecule has 1 fully saturated rings. The molecule has 2 aromatic carbocycles. The van der Waals surface area contributed by atoms with E-state index < -0.39 is 24.7 Å². The molecule has 0 spiro atoms. The first-order valence-electron chi connectivity index (χ1n) is 11.6. The third-order valence-electron chi connectivity index (χ3n) is 6.53. The Labute approximate surface area is 213 Å². The van der Waals surface area contributed by atoms with Crippen LogP contribution in [0.5, 0.6) is 5.75 Å². The van der Waals surface area contributed by atoms with Crippen LogP contribution in [-0.4, -0.2) is 42.6 Å². The summed E-state index contributed by atoms with van der Waals surface area (Å²) in [5.74, 6) is -0.177. The Morgan fingerprint density at radius 1 is 0.973 bits per heavy atom. The molecule has 0 bridgehead atoms. The average Bonchev–Trinajstić information content (AvgIpc) is 3.05. The number of anilines is 3. The van der Waals surface area contributed by atoms with Gasteiger partial charge in [0, 0.05) is 30.1 Å². The van der Waals surface area contributed by atoms with Crippen molar-refractivity contribution in [3.8, 4) is 5.75 Å². The molecule has 1 N–H and O–H groups in total. The number of hydrogen-bond donors (Lipinski definition) is 1. The van der Waals surface area contributed by atoms with Crippen molar-refractivity contribution in [2.45, 2.75) is 45.3 Å². The fraction of sp³-hybridized carbons (Fsp3) is 0.308. The van der Waals surface area contributed by atoms with Crippen molar-refractivity contribution in [3.63, 3.8) is 0 Å². The van der Waals surface area contributed by atoms with Gasteiger partial charge in [-0.25, -0.2) is 4.98 Å². The molecule has 0 atom stereocenters. The zero-order valence-corrected chi connectivity index (χ0v) is 21.1. The third-order valence-corrected chi connectivity index (χ3v) is 6.53. The van der Waals surface area contributed by atoms with Crippen molar-refractivity contribution in [3.05, 3.63) is 72.4 Å². The zero-order valence-electron chi connectivity index (χ0n) is 21.1. The van der Waals surface area contributed by atoms with Crippen molar-refractivity contribution in [1.82, 2.24) is 4.98 Å². The number of rotatable bonds is 6. The molecule has 0 radical (unpaired) electrons. The Kier molecular flexibility index (Phi) is 6.96. The lowest BCUT2D eigenvalue weighted by Gasteiger charge is -2.32. The molecule has 1 amide bonds. The summed E-state index contributed by atoms with van der Waals surface area (Å²) in [5, 5.41) is 2.91. The summed E-state index contributed by atoms with van der Waals surface area (Å²) < 4.78 is 53.3. The molecule has 3 aromatic rings. The zero-order chi connectivity index (χ0) is 27.0. The van der Waals surface area contributed by atoms with Crippen molar-refractivity contribution in [2.75, 3.05) is 17.3 Å². The van der Waals surface area contributed by atoms with E-state index in [1.54, 1.807) is 30.1 Å². The van der Waals surface area contributed by atoms with Crippen molar-refractivity contribution in [1.29, 1.82) is 0 Å². The number of hydrogen-bond acceptors (Lipinski definition) is 6. The molecule has 1 saturated heterocycles. The number of carbonyl (C=O) groups excluding carboxylic acids is 1. The van der Waals surface area contributed by atoms with E-state index in [4.69, 9.17) is 9.31 Å². The van der Waals surface area contributed by atoms with E-state index in [2.05, 4.69) is 15.0 Å². The van der Waals surface area contributed by atoms with Gasteiger partial charge in [0.2, 0.25) is 0 Å². The second kappa shape index (κ2) is 9.72. The minimum atomic E-state index is -4.75. The van der Waals surface area contributed by atoms with E-state index in [-0.39, 0.29) is 11.7 Å². The average molecular weight is 513 g/mol. The lowest BCUT2D eigenvalue weighted by Crippen LogP contribution is -2.41. The van der Waals surface area contributed by atoms with Crippen LogP contribution in [0.3, 0.4) is 0 Å². The first-order chi connectivity index (χ1) is 17.3. The number of nitrogens with one attached hydrogen (secondary N) is 1. The van der Waals surface area contributed by atoms with E-state index in [1.165, 1.54) is 30.5 Å². The number of aromatic nitrogens is 1. The van der Waals surface area contributed by atoms with Crippen LogP contribution in [0.15, 0.2) is 66.9 Å². The minimum absolute atomic E-state index is 0.314. The molecule has 1 aliphatic heterocycles. The summed E-state index contributed by atoms with van der Waals surface area (Å²) in [7, 11) is 1.08.